The summed E-state index contributed by atoms with van der Waals surface area (Å²) < 4.78 is 2.21. The third-order valence-electron chi connectivity index (χ3n) is 3.13. The van der Waals surface area contributed by atoms with Crippen LogP contribution in [0.1, 0.15) is 29.2 Å². The fourth-order valence-corrected chi connectivity index (χ4v) is 3.33. The first-order chi connectivity index (χ1) is 7.90. The fraction of sp³-hybridized carbons (Fsp3) is 0.417. The van der Waals surface area contributed by atoms with Crippen molar-refractivity contribution in [2.45, 2.75) is 25.9 Å². The van der Waals surface area contributed by atoms with Gasteiger partial charge in [-0.15, -0.1) is 11.3 Å². The Morgan fingerprint density at radius 2 is 2.56 bits per heavy atom. The molecule has 0 amide bonds. The molecule has 16 heavy (non-hydrogen) atoms. The van der Waals surface area contributed by atoms with E-state index in [4.69, 9.17) is 0 Å². The first-order valence-electron chi connectivity index (χ1n) is 5.71. The molecule has 2 aromatic heterocycles. The Bertz CT molecular complexity index is 486. The molecular weight excluding hydrogens is 218 g/mol. The number of nitrogens with one attached hydrogen (secondary N) is 1. The number of aromatic nitrogens is 2. The summed E-state index contributed by atoms with van der Waals surface area (Å²) in [4.78, 5) is 5.93. The number of fused-ring (bicyclic) bond motifs is 1. The van der Waals surface area contributed by atoms with Crippen molar-refractivity contribution in [3.8, 4) is 0 Å². The van der Waals surface area contributed by atoms with Crippen LogP contribution >= 0.6 is 11.3 Å². The van der Waals surface area contributed by atoms with Crippen molar-refractivity contribution in [2.75, 3.05) is 6.54 Å². The number of nitrogens with zero attached hydrogens (tertiary/aromatic N) is 2. The molecule has 2 aromatic rings. The van der Waals surface area contributed by atoms with Crippen molar-refractivity contribution in [2.24, 2.45) is 0 Å². The molecule has 84 valence electrons. The molecule has 0 fully saturated rings. The van der Waals surface area contributed by atoms with E-state index in [-0.39, 0.29) is 0 Å². The van der Waals surface area contributed by atoms with Crippen molar-refractivity contribution in [1.29, 1.82) is 0 Å². The van der Waals surface area contributed by atoms with E-state index in [0.717, 1.165) is 25.3 Å². The van der Waals surface area contributed by atoms with Crippen molar-refractivity contribution in [3.63, 3.8) is 0 Å². The summed E-state index contributed by atoms with van der Waals surface area (Å²) in [6.45, 7) is 4.18. The fourth-order valence-electron chi connectivity index (χ4n) is 2.31. The van der Waals surface area contributed by atoms with Gasteiger partial charge in [-0.3, -0.25) is 0 Å². The highest BCUT2D eigenvalue weighted by Crippen LogP contribution is 2.31. The smallest absolute Gasteiger partial charge is 0.131 e. The minimum atomic E-state index is 0.290. The molecule has 3 nitrogen and oxygen atoms in total. The minimum absolute atomic E-state index is 0.290. The van der Waals surface area contributed by atoms with Crippen LogP contribution in [0.4, 0.5) is 0 Å². The van der Waals surface area contributed by atoms with Gasteiger partial charge in [-0.1, -0.05) is 0 Å². The van der Waals surface area contributed by atoms with Crippen LogP contribution in [0.15, 0.2) is 23.8 Å². The maximum Gasteiger partial charge on any atom is 0.131 e. The normalized spacial score (nSPS) is 19.7. The molecule has 0 spiro atoms. The highest BCUT2D eigenvalue weighted by Gasteiger charge is 2.25. The van der Waals surface area contributed by atoms with Gasteiger partial charge in [-0.05, 0) is 30.4 Å². The lowest BCUT2D eigenvalue weighted by atomic mass is 10.0. The van der Waals surface area contributed by atoms with Gasteiger partial charge in [0.05, 0.1) is 0 Å². The van der Waals surface area contributed by atoms with E-state index in [2.05, 4.69) is 39.4 Å². The number of aryl methyl sites for hydroxylation is 1. The first kappa shape index (κ1) is 10.1. The maximum absolute atomic E-state index is 4.50. The molecule has 1 aliphatic rings. The van der Waals surface area contributed by atoms with Gasteiger partial charge in [-0.2, -0.15) is 0 Å². The lowest BCUT2D eigenvalue weighted by Gasteiger charge is -2.24. The lowest BCUT2D eigenvalue weighted by Crippen LogP contribution is -2.31. The van der Waals surface area contributed by atoms with Crippen molar-refractivity contribution >= 4 is 11.3 Å². The molecule has 1 atom stereocenters. The van der Waals surface area contributed by atoms with E-state index in [9.17, 15) is 0 Å². The van der Waals surface area contributed by atoms with E-state index in [0.29, 0.717) is 6.04 Å². The Morgan fingerprint density at radius 3 is 3.44 bits per heavy atom. The molecule has 3 heterocycles. The van der Waals surface area contributed by atoms with Crippen LogP contribution in [0.5, 0.6) is 0 Å². The van der Waals surface area contributed by atoms with Gasteiger partial charge in [0, 0.05) is 30.4 Å². The Hall–Kier alpha value is -1.13. The van der Waals surface area contributed by atoms with E-state index >= 15 is 0 Å². The summed E-state index contributed by atoms with van der Waals surface area (Å²) in [6.07, 6.45) is 5.09. The van der Waals surface area contributed by atoms with E-state index in [1.807, 2.05) is 17.5 Å². The number of thiophene rings is 1. The number of hydrogen-bond donors (Lipinski definition) is 1. The molecule has 0 saturated carbocycles. The molecule has 0 aromatic carbocycles. The van der Waals surface area contributed by atoms with Crippen LogP contribution in [0.2, 0.25) is 0 Å². The molecule has 1 aliphatic heterocycles. The van der Waals surface area contributed by atoms with Gasteiger partial charge >= 0.3 is 0 Å². The summed E-state index contributed by atoms with van der Waals surface area (Å²) in [5, 5.41) is 5.75. The van der Waals surface area contributed by atoms with Gasteiger partial charge < -0.3 is 9.88 Å². The van der Waals surface area contributed by atoms with Crippen LogP contribution in [0.25, 0.3) is 0 Å². The second-order valence-electron chi connectivity index (χ2n) is 4.02. The zero-order chi connectivity index (χ0) is 11.0. The second kappa shape index (κ2) is 4.03. The Morgan fingerprint density at radius 1 is 1.62 bits per heavy atom. The number of hydrogen-bond acceptors (Lipinski definition) is 3. The third kappa shape index (κ3) is 1.49. The molecule has 0 aliphatic carbocycles. The molecule has 0 radical (unpaired) electrons. The largest absolute Gasteiger partial charge is 0.334 e. The third-order valence-corrected chi connectivity index (χ3v) is 4.16. The second-order valence-corrected chi connectivity index (χ2v) is 4.97. The van der Waals surface area contributed by atoms with Crippen LogP contribution in [0, 0.1) is 0 Å². The average Bonchev–Trinajstić information content (AvgIpc) is 2.96. The summed E-state index contributed by atoms with van der Waals surface area (Å²) in [7, 11) is 0. The molecule has 3 rings (SSSR count). The predicted octanol–water partition coefficient (Wildman–Crippen LogP) is 2.20. The van der Waals surface area contributed by atoms with Gasteiger partial charge in [0.2, 0.25) is 0 Å². The molecule has 1 unspecified atom stereocenters. The SMILES string of the molecule is CCn1ccnc1C1NCCc2ccsc21. The topological polar surface area (TPSA) is 29.9 Å². The predicted molar refractivity (Wildman–Crippen MR) is 65.8 cm³/mol. The zero-order valence-corrected chi connectivity index (χ0v) is 10.1. The minimum Gasteiger partial charge on any atom is -0.334 e. The summed E-state index contributed by atoms with van der Waals surface area (Å²) in [5.74, 6) is 1.14. The van der Waals surface area contributed by atoms with E-state index in [1.165, 1.54) is 10.4 Å². The van der Waals surface area contributed by atoms with Gasteiger partial charge in [-0.25, -0.2) is 4.98 Å². The molecule has 4 heteroatoms. The van der Waals surface area contributed by atoms with Gasteiger partial charge in [0.15, 0.2) is 0 Å². The molecule has 0 saturated heterocycles. The van der Waals surface area contributed by atoms with E-state index in [1.54, 1.807) is 0 Å². The lowest BCUT2D eigenvalue weighted by molar-refractivity contribution is 0.527. The van der Waals surface area contributed by atoms with Crippen LogP contribution in [-0.4, -0.2) is 16.1 Å². The molecule has 1 N–H and O–H groups in total. The highest BCUT2D eigenvalue weighted by atomic mass is 32.1. The highest BCUT2D eigenvalue weighted by molar-refractivity contribution is 7.10. The maximum atomic E-state index is 4.50. The molecular formula is C12H15N3S. The van der Waals surface area contributed by atoms with Crippen LogP contribution in [0.3, 0.4) is 0 Å². The van der Waals surface area contributed by atoms with Crippen LogP contribution < -0.4 is 5.32 Å². The number of imidazole rings is 1. The van der Waals surface area contributed by atoms with Crippen LogP contribution in [-0.2, 0) is 13.0 Å². The van der Waals surface area contributed by atoms with Gasteiger partial charge in [0.25, 0.3) is 0 Å². The summed E-state index contributed by atoms with van der Waals surface area (Å²) >= 11 is 1.84. The van der Waals surface area contributed by atoms with E-state index < -0.39 is 0 Å². The Labute approximate surface area is 99.1 Å². The van der Waals surface area contributed by atoms with Crippen molar-refractivity contribution < 1.29 is 0 Å². The van der Waals surface area contributed by atoms with Gasteiger partial charge in [0.1, 0.15) is 11.9 Å². The average molecular weight is 233 g/mol. The standard InChI is InChI=1S/C12H15N3S/c1-2-15-7-6-14-12(15)10-11-9(3-5-13-10)4-8-16-11/h4,6-8,10,13H,2-3,5H2,1H3. The zero-order valence-electron chi connectivity index (χ0n) is 9.31. The molecule has 0 bridgehead atoms. The Kier molecular flexibility index (Phi) is 2.53. The Balaban J connectivity index is 2.04. The monoisotopic (exact) mass is 233 g/mol. The quantitative estimate of drug-likeness (QED) is 0.862. The summed E-state index contributed by atoms with van der Waals surface area (Å²) in [5.41, 5.74) is 1.49. The van der Waals surface area contributed by atoms with Crippen molar-refractivity contribution in [1.82, 2.24) is 14.9 Å². The van der Waals surface area contributed by atoms with Crippen molar-refractivity contribution in [3.05, 3.63) is 40.1 Å². The number of rotatable bonds is 2. The summed E-state index contributed by atoms with van der Waals surface area (Å²) in [6, 6.07) is 2.53. The first-order valence-corrected chi connectivity index (χ1v) is 6.58.